The molecule has 2 aromatic carbocycles. The Labute approximate surface area is 224 Å². The molecule has 1 aliphatic rings. The number of methoxy groups -OCH3 is 1. The van der Waals surface area contributed by atoms with Crippen LogP contribution in [0, 0.1) is 24.5 Å². The number of hydrogen-bond donors (Lipinski definition) is 1. The highest BCUT2D eigenvalue weighted by atomic mass is 32.2. The minimum absolute atomic E-state index is 0.0236. The minimum atomic E-state index is -4.43. The number of nitrogens with one attached hydrogen (secondary N) is 1. The Morgan fingerprint density at radius 1 is 1.05 bits per heavy atom. The van der Waals surface area contributed by atoms with Gasteiger partial charge in [-0.1, -0.05) is 0 Å². The molecule has 0 aliphatic carbocycles. The van der Waals surface area contributed by atoms with E-state index in [9.17, 15) is 17.2 Å². The molecule has 39 heavy (non-hydrogen) atoms. The van der Waals surface area contributed by atoms with Crippen molar-refractivity contribution < 1.29 is 31.4 Å². The Balaban J connectivity index is 1.53. The first kappa shape index (κ1) is 26.7. The van der Waals surface area contributed by atoms with Gasteiger partial charge in [0.2, 0.25) is 5.88 Å². The monoisotopic (exact) mass is 556 g/mol. The molecule has 9 nitrogen and oxygen atoms in total. The zero-order valence-electron chi connectivity index (χ0n) is 21.3. The molecule has 3 heterocycles. The van der Waals surface area contributed by atoms with Gasteiger partial charge in [-0.25, -0.2) is 32.2 Å². The van der Waals surface area contributed by atoms with Crippen LogP contribution >= 0.6 is 0 Å². The number of aryl methyl sites for hydroxylation is 1. The largest absolute Gasteiger partial charge is 0.491 e. The maximum absolute atomic E-state index is 14.3. The van der Waals surface area contributed by atoms with E-state index in [1.807, 2.05) is 19.1 Å². The normalized spacial score (nSPS) is 14.4. The van der Waals surface area contributed by atoms with Crippen molar-refractivity contribution >= 4 is 26.6 Å². The third-order valence-electron chi connectivity index (χ3n) is 6.52. The SMILES string of the molecule is COc1ncc(-c2cc(OCC3CCOCC3)c3ncnc(C)c3c2)cc1NS(=O)(=O)c1ccc(F)cc1F. The molecule has 0 bridgehead atoms. The molecule has 0 atom stereocenters. The average molecular weight is 557 g/mol. The van der Waals surface area contributed by atoms with Gasteiger partial charge in [-0.15, -0.1) is 0 Å². The lowest BCUT2D eigenvalue weighted by Gasteiger charge is -2.22. The van der Waals surface area contributed by atoms with Crippen molar-refractivity contribution in [3.05, 3.63) is 66.3 Å². The molecule has 1 fully saturated rings. The molecule has 204 valence electrons. The van der Waals surface area contributed by atoms with Crippen LogP contribution in [0.5, 0.6) is 11.6 Å². The van der Waals surface area contributed by atoms with Gasteiger partial charge in [0.15, 0.2) is 0 Å². The van der Waals surface area contributed by atoms with Gasteiger partial charge in [-0.05, 0) is 61.6 Å². The van der Waals surface area contributed by atoms with Crippen LogP contribution in [0.25, 0.3) is 22.0 Å². The Morgan fingerprint density at radius 3 is 2.59 bits per heavy atom. The summed E-state index contributed by atoms with van der Waals surface area (Å²) in [4.78, 5) is 12.3. The lowest BCUT2D eigenvalue weighted by molar-refractivity contribution is 0.0500. The fourth-order valence-corrected chi connectivity index (χ4v) is 5.50. The number of anilines is 1. The van der Waals surface area contributed by atoms with E-state index >= 15 is 0 Å². The number of benzene rings is 2. The number of fused-ring (bicyclic) bond motifs is 1. The average Bonchev–Trinajstić information content (AvgIpc) is 2.92. The third-order valence-corrected chi connectivity index (χ3v) is 7.92. The van der Waals surface area contributed by atoms with Crippen LogP contribution in [0.4, 0.5) is 14.5 Å². The summed E-state index contributed by atoms with van der Waals surface area (Å²) in [5.74, 6) is -1.22. The van der Waals surface area contributed by atoms with E-state index in [2.05, 4.69) is 19.7 Å². The molecule has 1 N–H and O–H groups in total. The quantitative estimate of drug-likeness (QED) is 0.326. The van der Waals surface area contributed by atoms with Crippen molar-refractivity contribution in [3.8, 4) is 22.8 Å². The van der Waals surface area contributed by atoms with E-state index in [0.717, 1.165) is 36.1 Å². The van der Waals surface area contributed by atoms with Crippen LogP contribution in [0.3, 0.4) is 0 Å². The number of sulfonamides is 1. The summed E-state index contributed by atoms with van der Waals surface area (Å²) in [5, 5.41) is 0.767. The van der Waals surface area contributed by atoms with Crippen LogP contribution in [-0.2, 0) is 14.8 Å². The molecular formula is C27H26F2N4O5S. The number of ether oxygens (including phenoxy) is 3. The standard InChI is InChI=1S/C27H26F2N4O5S/c1-16-21-9-18(11-24(26(21)32-15-31-16)38-14-17-5-7-37-8-6-17)19-10-23(27(36-2)30-13-19)33-39(34,35)25-4-3-20(28)12-22(25)29/h3-4,9-13,15,17,33H,5-8,14H2,1-2H3. The van der Waals surface area contributed by atoms with Crippen molar-refractivity contribution in [1.29, 1.82) is 0 Å². The summed E-state index contributed by atoms with van der Waals surface area (Å²) in [6.45, 7) is 3.77. The van der Waals surface area contributed by atoms with Crippen molar-refractivity contribution in [2.75, 3.05) is 31.7 Å². The van der Waals surface area contributed by atoms with Gasteiger partial charge in [0, 0.05) is 42.1 Å². The van der Waals surface area contributed by atoms with Gasteiger partial charge in [0.05, 0.1) is 13.7 Å². The van der Waals surface area contributed by atoms with E-state index in [4.69, 9.17) is 14.2 Å². The Hall–Kier alpha value is -3.90. The summed E-state index contributed by atoms with van der Waals surface area (Å²) in [7, 11) is -3.10. The second-order valence-electron chi connectivity index (χ2n) is 9.16. The Morgan fingerprint density at radius 2 is 1.85 bits per heavy atom. The van der Waals surface area contributed by atoms with E-state index in [-0.39, 0.29) is 11.6 Å². The highest BCUT2D eigenvalue weighted by Gasteiger charge is 2.23. The first-order valence-corrected chi connectivity index (χ1v) is 13.7. The van der Waals surface area contributed by atoms with E-state index < -0.39 is 26.6 Å². The smallest absolute Gasteiger partial charge is 0.264 e. The van der Waals surface area contributed by atoms with Crippen LogP contribution in [0.15, 0.2) is 53.8 Å². The number of aromatic nitrogens is 3. The molecule has 0 saturated carbocycles. The van der Waals surface area contributed by atoms with E-state index in [1.165, 1.54) is 25.7 Å². The lowest BCUT2D eigenvalue weighted by Crippen LogP contribution is -2.21. The summed E-state index contributed by atoms with van der Waals surface area (Å²) in [6, 6.07) is 7.42. The second-order valence-corrected chi connectivity index (χ2v) is 10.8. The zero-order chi connectivity index (χ0) is 27.6. The number of rotatable bonds is 8. The van der Waals surface area contributed by atoms with Crippen LogP contribution in [0.1, 0.15) is 18.5 Å². The van der Waals surface area contributed by atoms with Gasteiger partial charge in [0.1, 0.15) is 39.8 Å². The van der Waals surface area contributed by atoms with Gasteiger partial charge >= 0.3 is 0 Å². The van der Waals surface area contributed by atoms with E-state index in [1.54, 1.807) is 0 Å². The fourth-order valence-electron chi connectivity index (χ4n) is 4.40. The summed E-state index contributed by atoms with van der Waals surface area (Å²) in [6.07, 6.45) is 4.82. The number of hydrogen-bond acceptors (Lipinski definition) is 8. The van der Waals surface area contributed by atoms with Gasteiger partial charge in [0.25, 0.3) is 10.0 Å². The summed E-state index contributed by atoms with van der Waals surface area (Å²) >= 11 is 0. The number of pyridine rings is 1. The molecule has 0 spiro atoms. The number of halogens is 2. The van der Waals surface area contributed by atoms with Gasteiger partial charge in [-0.2, -0.15) is 0 Å². The summed E-state index contributed by atoms with van der Waals surface area (Å²) < 4.78 is 72.8. The van der Waals surface area contributed by atoms with Crippen molar-refractivity contribution in [3.63, 3.8) is 0 Å². The summed E-state index contributed by atoms with van der Waals surface area (Å²) in [5.41, 5.74) is 2.59. The molecule has 12 heteroatoms. The van der Waals surface area contributed by atoms with Crippen molar-refractivity contribution in [2.45, 2.75) is 24.7 Å². The first-order valence-electron chi connectivity index (χ1n) is 12.2. The lowest BCUT2D eigenvalue weighted by atomic mass is 10.0. The zero-order valence-corrected chi connectivity index (χ0v) is 22.1. The Kier molecular flexibility index (Phi) is 7.58. The minimum Gasteiger partial charge on any atom is -0.491 e. The molecular weight excluding hydrogens is 530 g/mol. The number of nitrogens with zero attached hydrogens (tertiary/aromatic N) is 3. The van der Waals surface area contributed by atoms with Gasteiger partial charge in [-0.3, -0.25) is 4.72 Å². The molecule has 5 rings (SSSR count). The molecule has 1 saturated heterocycles. The molecule has 0 amide bonds. The second kappa shape index (κ2) is 11.1. The van der Waals surface area contributed by atoms with Crippen molar-refractivity contribution in [2.24, 2.45) is 5.92 Å². The topological polar surface area (TPSA) is 113 Å². The highest BCUT2D eigenvalue weighted by Crippen LogP contribution is 2.36. The molecule has 1 aliphatic heterocycles. The van der Waals surface area contributed by atoms with E-state index in [0.29, 0.717) is 54.2 Å². The van der Waals surface area contributed by atoms with Crippen LogP contribution in [-0.4, -0.2) is 50.3 Å². The van der Waals surface area contributed by atoms with Gasteiger partial charge < -0.3 is 14.2 Å². The fraction of sp³-hybridized carbons (Fsp3) is 0.296. The predicted octanol–water partition coefficient (Wildman–Crippen LogP) is 4.89. The van der Waals surface area contributed by atoms with Crippen LogP contribution in [0.2, 0.25) is 0 Å². The maximum atomic E-state index is 14.3. The highest BCUT2D eigenvalue weighted by molar-refractivity contribution is 7.92. The Bertz CT molecular complexity index is 1630. The van der Waals surface area contributed by atoms with Crippen LogP contribution < -0.4 is 14.2 Å². The molecule has 0 unspecified atom stereocenters. The first-order chi connectivity index (χ1) is 18.7. The molecule has 4 aromatic rings. The third kappa shape index (κ3) is 5.76. The molecule has 0 radical (unpaired) electrons. The predicted molar refractivity (Wildman–Crippen MR) is 140 cm³/mol. The molecule has 2 aromatic heterocycles. The van der Waals surface area contributed by atoms with Crippen molar-refractivity contribution in [1.82, 2.24) is 15.0 Å². The maximum Gasteiger partial charge on any atom is 0.264 e.